The average Bonchev–Trinajstić information content (AvgIpc) is 2.65. The molecule has 1 unspecified atom stereocenters. The third-order valence-corrected chi connectivity index (χ3v) is 5.59. The van der Waals surface area contributed by atoms with Crippen molar-refractivity contribution in [3.63, 3.8) is 0 Å². The summed E-state index contributed by atoms with van der Waals surface area (Å²) in [5.74, 6) is 0.0459. The van der Waals surface area contributed by atoms with E-state index >= 15 is 0 Å². The summed E-state index contributed by atoms with van der Waals surface area (Å²) < 4.78 is 5.39. The van der Waals surface area contributed by atoms with E-state index < -0.39 is 5.60 Å². The number of ether oxygens (including phenoxy) is 1. The van der Waals surface area contributed by atoms with Crippen LogP contribution in [0, 0.1) is 0 Å². The fourth-order valence-electron chi connectivity index (χ4n) is 2.73. The summed E-state index contributed by atoms with van der Waals surface area (Å²) in [5, 5.41) is 0. The molecular weight excluding hydrogens is 316 g/mol. The molecule has 0 aliphatic heterocycles. The first-order chi connectivity index (χ1) is 11.6. The second-order valence-electron chi connectivity index (χ2n) is 5.89. The summed E-state index contributed by atoms with van der Waals surface area (Å²) in [6, 6.07) is 20.3. The minimum Gasteiger partial charge on any atom is -0.366 e. The summed E-state index contributed by atoms with van der Waals surface area (Å²) in [6.07, 6.45) is 1.99. The number of carbonyl (C=O) groups excluding carboxylic acids is 1. The van der Waals surface area contributed by atoms with Gasteiger partial charge in [0.05, 0.1) is 0 Å². The highest BCUT2D eigenvalue weighted by molar-refractivity contribution is 8.08. The van der Waals surface area contributed by atoms with Crippen molar-refractivity contribution in [1.82, 2.24) is 0 Å². The van der Waals surface area contributed by atoms with Crippen molar-refractivity contribution in [3.05, 3.63) is 83.4 Å². The zero-order chi connectivity index (χ0) is 17.2. The van der Waals surface area contributed by atoms with E-state index in [1.807, 2.05) is 56.3 Å². The van der Waals surface area contributed by atoms with Crippen LogP contribution in [-0.2, 0) is 9.53 Å². The molecule has 0 saturated heterocycles. The Bertz CT molecular complexity index is 806. The fourth-order valence-corrected chi connectivity index (χ4v) is 3.71. The van der Waals surface area contributed by atoms with E-state index in [2.05, 4.69) is 24.3 Å². The average molecular weight is 336 g/mol. The second-order valence-corrected chi connectivity index (χ2v) is 7.01. The first-order valence-corrected chi connectivity index (χ1v) is 8.69. The molecule has 2 aromatic rings. The maximum Gasteiger partial charge on any atom is 0.198 e. The van der Waals surface area contributed by atoms with E-state index in [9.17, 15) is 4.79 Å². The Balaban J connectivity index is 2.02. The lowest BCUT2D eigenvalue weighted by atomic mass is 9.73. The molecule has 0 spiro atoms. The van der Waals surface area contributed by atoms with E-state index in [4.69, 9.17) is 4.74 Å². The van der Waals surface area contributed by atoms with Gasteiger partial charge in [-0.3, -0.25) is 4.79 Å². The van der Waals surface area contributed by atoms with Crippen LogP contribution < -0.4 is 0 Å². The molecule has 0 amide bonds. The molecule has 3 rings (SSSR count). The number of Topliss-reactive ketones (excluding diaryl/α,β-unsaturated/α-hetero) is 1. The van der Waals surface area contributed by atoms with E-state index in [1.165, 1.54) is 0 Å². The molecule has 0 radical (unpaired) electrons. The topological polar surface area (TPSA) is 26.3 Å². The summed E-state index contributed by atoms with van der Waals surface area (Å²) in [7, 11) is 1.58. The van der Waals surface area contributed by atoms with Crippen LogP contribution in [0.15, 0.2) is 82.8 Å². The highest BCUT2D eigenvalue weighted by Gasteiger charge is 2.47. The van der Waals surface area contributed by atoms with Gasteiger partial charge in [0.25, 0.3) is 0 Å². The third-order valence-electron chi connectivity index (χ3n) is 4.51. The van der Waals surface area contributed by atoms with Crippen LogP contribution in [-0.4, -0.2) is 18.5 Å². The molecule has 24 heavy (non-hydrogen) atoms. The number of rotatable bonds is 5. The molecule has 0 bridgehead atoms. The SMILES string of the molecule is COC1(C)C(=O)C(/C=C(/Sc2ccccc2)c2ccccc2)=C1C. The summed E-state index contributed by atoms with van der Waals surface area (Å²) >= 11 is 1.67. The van der Waals surface area contributed by atoms with Gasteiger partial charge in [-0.15, -0.1) is 0 Å². The maximum absolute atomic E-state index is 12.5. The van der Waals surface area contributed by atoms with Crippen molar-refractivity contribution in [2.24, 2.45) is 0 Å². The van der Waals surface area contributed by atoms with Gasteiger partial charge in [-0.2, -0.15) is 0 Å². The van der Waals surface area contributed by atoms with Crippen LogP contribution in [0.3, 0.4) is 0 Å². The number of hydrogen-bond acceptors (Lipinski definition) is 3. The van der Waals surface area contributed by atoms with Crippen molar-refractivity contribution in [1.29, 1.82) is 0 Å². The van der Waals surface area contributed by atoms with E-state index in [1.54, 1.807) is 18.9 Å². The van der Waals surface area contributed by atoms with Crippen molar-refractivity contribution >= 4 is 22.5 Å². The number of methoxy groups -OCH3 is 1. The molecule has 0 heterocycles. The zero-order valence-corrected chi connectivity index (χ0v) is 14.9. The smallest absolute Gasteiger partial charge is 0.198 e. The molecule has 2 nitrogen and oxygen atoms in total. The molecule has 1 aliphatic rings. The largest absolute Gasteiger partial charge is 0.366 e. The maximum atomic E-state index is 12.5. The van der Waals surface area contributed by atoms with Crippen molar-refractivity contribution in [2.75, 3.05) is 7.11 Å². The lowest BCUT2D eigenvalue weighted by molar-refractivity contribution is -0.134. The van der Waals surface area contributed by atoms with Crippen LogP contribution in [0.4, 0.5) is 0 Å². The number of allylic oxidation sites excluding steroid dienone is 1. The predicted octanol–water partition coefficient (Wildman–Crippen LogP) is 5.12. The third kappa shape index (κ3) is 2.97. The van der Waals surface area contributed by atoms with Crippen LogP contribution in [0.2, 0.25) is 0 Å². The van der Waals surface area contributed by atoms with Gasteiger partial charge in [0.15, 0.2) is 5.78 Å². The van der Waals surface area contributed by atoms with Crippen LogP contribution in [0.1, 0.15) is 19.4 Å². The number of benzene rings is 2. The number of ketones is 1. The van der Waals surface area contributed by atoms with Gasteiger partial charge >= 0.3 is 0 Å². The van der Waals surface area contributed by atoms with Gasteiger partial charge < -0.3 is 4.74 Å². The van der Waals surface area contributed by atoms with Gasteiger partial charge in [-0.1, -0.05) is 60.3 Å². The Morgan fingerprint density at radius 2 is 1.62 bits per heavy atom. The molecule has 1 aliphatic carbocycles. The van der Waals surface area contributed by atoms with Gasteiger partial charge in [-0.25, -0.2) is 0 Å². The molecule has 0 N–H and O–H groups in total. The Kier molecular flexibility index (Phi) is 4.74. The first kappa shape index (κ1) is 16.7. The highest BCUT2D eigenvalue weighted by atomic mass is 32.2. The summed E-state index contributed by atoms with van der Waals surface area (Å²) in [5.41, 5.74) is 2.06. The number of thioether (sulfide) groups is 1. The minimum absolute atomic E-state index is 0.0459. The monoisotopic (exact) mass is 336 g/mol. The Morgan fingerprint density at radius 1 is 1.04 bits per heavy atom. The normalized spacial score (nSPS) is 21.0. The molecule has 0 saturated carbocycles. The Morgan fingerprint density at radius 3 is 2.17 bits per heavy atom. The minimum atomic E-state index is -0.773. The predicted molar refractivity (Wildman–Crippen MR) is 99.8 cm³/mol. The Labute approximate surface area is 147 Å². The van der Waals surface area contributed by atoms with Crippen LogP contribution in [0.5, 0.6) is 0 Å². The van der Waals surface area contributed by atoms with Crippen LogP contribution >= 0.6 is 11.8 Å². The molecular formula is C21H20O2S. The molecule has 0 aromatic heterocycles. The molecule has 122 valence electrons. The quantitative estimate of drug-likeness (QED) is 0.709. The second kappa shape index (κ2) is 6.80. The zero-order valence-electron chi connectivity index (χ0n) is 14.1. The van der Waals surface area contributed by atoms with E-state index in [-0.39, 0.29) is 5.78 Å². The van der Waals surface area contributed by atoms with Gasteiger partial charge in [0.2, 0.25) is 0 Å². The summed E-state index contributed by atoms with van der Waals surface area (Å²) in [6.45, 7) is 3.79. The van der Waals surface area contributed by atoms with Gasteiger partial charge in [0, 0.05) is 22.5 Å². The van der Waals surface area contributed by atoms with E-state index in [0.717, 1.165) is 26.5 Å². The Hall–Kier alpha value is -2.10. The standard InChI is InChI=1S/C21H20O2S/c1-15-18(20(22)21(15,2)23-3)14-19(16-10-6-4-7-11-16)24-17-12-8-5-9-13-17/h4-14H,1-3H3/b19-14+. The molecule has 0 fully saturated rings. The van der Waals surface area contributed by atoms with Gasteiger partial charge in [-0.05, 0) is 43.2 Å². The first-order valence-electron chi connectivity index (χ1n) is 7.87. The molecule has 2 aromatic carbocycles. The van der Waals surface area contributed by atoms with Gasteiger partial charge in [0.1, 0.15) is 5.60 Å². The van der Waals surface area contributed by atoms with E-state index in [0.29, 0.717) is 0 Å². The molecule has 3 heteroatoms. The lowest BCUT2D eigenvalue weighted by Crippen LogP contribution is -2.48. The summed E-state index contributed by atoms with van der Waals surface area (Å²) in [4.78, 5) is 14.7. The number of carbonyl (C=O) groups is 1. The van der Waals surface area contributed by atoms with Crippen LogP contribution in [0.25, 0.3) is 4.91 Å². The van der Waals surface area contributed by atoms with Crippen molar-refractivity contribution in [3.8, 4) is 0 Å². The van der Waals surface area contributed by atoms with Crippen molar-refractivity contribution < 1.29 is 9.53 Å². The van der Waals surface area contributed by atoms with Crippen molar-refractivity contribution in [2.45, 2.75) is 24.3 Å². The fraction of sp³-hybridized carbons (Fsp3) is 0.190. The molecule has 1 atom stereocenters. The lowest BCUT2D eigenvalue weighted by Gasteiger charge is -2.38. The highest BCUT2D eigenvalue weighted by Crippen LogP contribution is 2.42. The number of hydrogen-bond donors (Lipinski definition) is 0.